The molecule has 38 heavy (non-hydrogen) atoms. The normalized spacial score (nSPS) is 22.9. The van der Waals surface area contributed by atoms with Crippen molar-refractivity contribution in [2.45, 2.75) is 57.9 Å². The zero-order valence-electron chi connectivity index (χ0n) is 22.4. The van der Waals surface area contributed by atoms with Crippen LogP contribution in [0.5, 0.6) is 0 Å². The Kier molecular flexibility index (Phi) is 6.50. The number of carbonyl (C=O) groups excluding carboxylic acids is 3. The van der Waals surface area contributed by atoms with Gasteiger partial charge in [0.05, 0.1) is 0 Å². The summed E-state index contributed by atoms with van der Waals surface area (Å²) in [6.45, 7) is 7.19. The molecule has 1 aromatic heterocycles. The quantitative estimate of drug-likeness (QED) is 0.650. The zero-order chi connectivity index (χ0) is 26.6. The number of fused-ring (bicyclic) bond motifs is 3. The summed E-state index contributed by atoms with van der Waals surface area (Å²) in [6, 6.07) is 6.51. The number of likely N-dealkylation sites (tertiary alicyclic amines) is 1. The lowest BCUT2D eigenvalue weighted by Gasteiger charge is -2.34. The van der Waals surface area contributed by atoms with Gasteiger partial charge in [-0.05, 0) is 74.0 Å². The molecule has 1 N–H and O–H groups in total. The largest absolute Gasteiger partial charge is 0.387 e. The predicted octanol–water partition coefficient (Wildman–Crippen LogP) is 1.84. The summed E-state index contributed by atoms with van der Waals surface area (Å²) in [5.74, 6) is 1.11. The van der Waals surface area contributed by atoms with Crippen LogP contribution in [0.2, 0.25) is 0 Å². The van der Waals surface area contributed by atoms with Gasteiger partial charge in [-0.1, -0.05) is 18.2 Å². The molecular weight excluding hydrogens is 482 g/mol. The van der Waals surface area contributed by atoms with Crippen LogP contribution in [-0.4, -0.2) is 93.2 Å². The van der Waals surface area contributed by atoms with Crippen LogP contribution in [0.25, 0.3) is 0 Å². The molecule has 202 valence electrons. The summed E-state index contributed by atoms with van der Waals surface area (Å²) < 4.78 is 1.80. The fraction of sp³-hybridized carbons (Fsp3) is 0.586. The van der Waals surface area contributed by atoms with Crippen LogP contribution >= 0.6 is 0 Å². The van der Waals surface area contributed by atoms with Gasteiger partial charge in [-0.3, -0.25) is 19.1 Å². The SMILES string of the molecule is Cc1cccc(C2CCN(C(=O)Cn3nc(C(=O)N4CCN(C(=O)CO)CC4)c4c3CC3C[C@H]43)CC2)c1C. The minimum absolute atomic E-state index is 0.0745. The Morgan fingerprint density at radius 1 is 0.947 bits per heavy atom. The molecule has 6 rings (SSSR count). The summed E-state index contributed by atoms with van der Waals surface area (Å²) in [4.78, 5) is 43.9. The summed E-state index contributed by atoms with van der Waals surface area (Å²) in [5.41, 5.74) is 6.69. The molecule has 2 aliphatic carbocycles. The first-order valence-electron chi connectivity index (χ1n) is 14.0. The van der Waals surface area contributed by atoms with Gasteiger partial charge in [0.1, 0.15) is 13.2 Å². The summed E-state index contributed by atoms with van der Waals surface area (Å²) >= 11 is 0. The lowest BCUT2D eigenvalue weighted by Crippen LogP contribution is -2.51. The molecule has 0 spiro atoms. The maximum Gasteiger partial charge on any atom is 0.274 e. The molecule has 2 atom stereocenters. The van der Waals surface area contributed by atoms with Gasteiger partial charge in [-0.25, -0.2) is 0 Å². The fourth-order valence-corrected chi connectivity index (χ4v) is 6.77. The molecular formula is C29H37N5O4. The molecule has 3 heterocycles. The molecule has 1 aromatic carbocycles. The Bertz CT molecular complexity index is 1270. The van der Waals surface area contributed by atoms with Crippen molar-refractivity contribution >= 4 is 17.7 Å². The molecule has 2 saturated heterocycles. The van der Waals surface area contributed by atoms with Crippen molar-refractivity contribution in [2.75, 3.05) is 45.9 Å². The molecule has 4 aliphatic rings. The number of aromatic nitrogens is 2. The van der Waals surface area contributed by atoms with Crippen LogP contribution in [0.4, 0.5) is 0 Å². The highest BCUT2D eigenvalue weighted by Gasteiger charge is 2.50. The van der Waals surface area contributed by atoms with Gasteiger partial charge in [0, 0.05) is 50.5 Å². The van der Waals surface area contributed by atoms with Crippen molar-refractivity contribution in [1.82, 2.24) is 24.5 Å². The van der Waals surface area contributed by atoms with Gasteiger partial charge in [-0.2, -0.15) is 5.10 Å². The Morgan fingerprint density at radius 2 is 1.63 bits per heavy atom. The summed E-state index contributed by atoms with van der Waals surface area (Å²) in [7, 11) is 0. The number of amides is 3. The Morgan fingerprint density at radius 3 is 2.34 bits per heavy atom. The number of piperazine rings is 1. The Hall–Kier alpha value is -3.20. The monoisotopic (exact) mass is 519 g/mol. The topological polar surface area (TPSA) is 99.0 Å². The molecule has 0 bridgehead atoms. The van der Waals surface area contributed by atoms with Crippen LogP contribution in [0, 0.1) is 19.8 Å². The Balaban J connectivity index is 1.12. The van der Waals surface area contributed by atoms with Crippen molar-refractivity contribution in [3.05, 3.63) is 51.8 Å². The van der Waals surface area contributed by atoms with E-state index >= 15 is 0 Å². The second-order valence-corrected chi connectivity index (χ2v) is 11.4. The average Bonchev–Trinajstić information content (AvgIpc) is 3.47. The zero-order valence-corrected chi connectivity index (χ0v) is 22.4. The molecule has 9 nitrogen and oxygen atoms in total. The number of piperidine rings is 1. The molecule has 3 fully saturated rings. The summed E-state index contributed by atoms with van der Waals surface area (Å²) in [5, 5.41) is 13.8. The van der Waals surface area contributed by atoms with E-state index in [2.05, 4.69) is 32.0 Å². The van der Waals surface area contributed by atoms with Crippen LogP contribution in [0.1, 0.15) is 69.5 Å². The first-order valence-corrected chi connectivity index (χ1v) is 14.0. The Labute approximate surface area is 223 Å². The maximum absolute atomic E-state index is 13.5. The van der Waals surface area contributed by atoms with E-state index in [1.807, 2.05) is 4.90 Å². The smallest absolute Gasteiger partial charge is 0.274 e. The number of aryl methyl sites for hydroxylation is 1. The minimum atomic E-state index is -0.508. The third kappa shape index (κ3) is 4.40. The number of hydrogen-bond acceptors (Lipinski definition) is 5. The van der Waals surface area contributed by atoms with Crippen LogP contribution in [0.15, 0.2) is 18.2 Å². The van der Waals surface area contributed by atoms with Crippen molar-refractivity contribution in [3.63, 3.8) is 0 Å². The number of nitrogens with zero attached hydrogens (tertiary/aromatic N) is 5. The standard InChI is InChI=1S/C29H37N5O4/c1-18-4-3-5-22(19(18)2)20-6-8-31(9-7-20)25(36)16-34-24-15-21-14-23(21)27(24)28(30-34)29(38)33-12-10-32(11-13-33)26(37)17-35/h3-5,20-21,23,35H,6-17H2,1-2H3/t21?,23-/m0/s1. The minimum Gasteiger partial charge on any atom is -0.387 e. The number of rotatable bonds is 5. The highest BCUT2D eigenvalue weighted by Crippen LogP contribution is 2.57. The van der Waals surface area contributed by atoms with Crippen molar-refractivity contribution in [1.29, 1.82) is 0 Å². The van der Waals surface area contributed by atoms with Gasteiger partial charge in [-0.15, -0.1) is 0 Å². The maximum atomic E-state index is 13.5. The van der Waals surface area contributed by atoms with Gasteiger partial charge in [0.15, 0.2) is 5.69 Å². The lowest BCUT2D eigenvalue weighted by molar-refractivity contribution is -0.135. The molecule has 9 heteroatoms. The van der Waals surface area contributed by atoms with E-state index in [0.29, 0.717) is 49.6 Å². The molecule has 1 saturated carbocycles. The van der Waals surface area contributed by atoms with E-state index in [9.17, 15) is 14.4 Å². The van der Waals surface area contributed by atoms with E-state index in [4.69, 9.17) is 10.2 Å². The van der Waals surface area contributed by atoms with Crippen molar-refractivity contribution in [2.24, 2.45) is 5.92 Å². The summed E-state index contributed by atoms with van der Waals surface area (Å²) in [6.07, 6.45) is 3.91. The fourth-order valence-electron chi connectivity index (χ4n) is 6.77. The molecule has 0 radical (unpaired) electrons. The van der Waals surface area contributed by atoms with E-state index in [1.54, 1.807) is 14.5 Å². The molecule has 1 unspecified atom stereocenters. The van der Waals surface area contributed by atoms with E-state index in [-0.39, 0.29) is 24.3 Å². The second-order valence-electron chi connectivity index (χ2n) is 11.4. The number of benzene rings is 1. The number of aliphatic hydroxyl groups is 1. The first-order chi connectivity index (χ1) is 18.4. The van der Waals surface area contributed by atoms with Crippen LogP contribution in [0.3, 0.4) is 0 Å². The van der Waals surface area contributed by atoms with Crippen molar-refractivity contribution in [3.8, 4) is 0 Å². The second kappa shape index (κ2) is 9.84. The van der Waals surface area contributed by atoms with Crippen LogP contribution in [-0.2, 0) is 22.6 Å². The third-order valence-corrected chi connectivity index (χ3v) is 9.32. The lowest BCUT2D eigenvalue weighted by atomic mass is 9.85. The highest BCUT2D eigenvalue weighted by atomic mass is 16.3. The van der Waals surface area contributed by atoms with Gasteiger partial charge in [0.2, 0.25) is 11.8 Å². The third-order valence-electron chi connectivity index (χ3n) is 9.32. The highest BCUT2D eigenvalue weighted by molar-refractivity contribution is 5.95. The average molecular weight is 520 g/mol. The first kappa shape index (κ1) is 25.1. The predicted molar refractivity (Wildman–Crippen MR) is 141 cm³/mol. The van der Waals surface area contributed by atoms with E-state index in [0.717, 1.165) is 50.0 Å². The van der Waals surface area contributed by atoms with Gasteiger partial charge < -0.3 is 19.8 Å². The number of aliphatic hydroxyl groups excluding tert-OH is 1. The molecule has 2 aliphatic heterocycles. The number of hydrogen-bond donors (Lipinski definition) is 1. The van der Waals surface area contributed by atoms with E-state index in [1.165, 1.54) is 16.7 Å². The molecule has 3 amide bonds. The van der Waals surface area contributed by atoms with Gasteiger partial charge >= 0.3 is 0 Å². The van der Waals surface area contributed by atoms with Crippen LogP contribution < -0.4 is 0 Å². The molecule has 2 aromatic rings. The van der Waals surface area contributed by atoms with Crippen molar-refractivity contribution < 1.29 is 19.5 Å². The van der Waals surface area contributed by atoms with Gasteiger partial charge in [0.25, 0.3) is 5.91 Å². The van der Waals surface area contributed by atoms with E-state index < -0.39 is 6.61 Å². The number of carbonyl (C=O) groups is 3.